The lowest BCUT2D eigenvalue weighted by molar-refractivity contribution is -0.137. The molecule has 0 unspecified atom stereocenters. The van der Waals surface area contributed by atoms with Gasteiger partial charge in [-0.05, 0) is 37.1 Å². The number of fused-ring (bicyclic) bond motifs is 2. The second-order valence-electron chi connectivity index (χ2n) is 8.61. The Morgan fingerprint density at radius 3 is 2.38 bits per heavy atom. The van der Waals surface area contributed by atoms with Crippen LogP contribution in [0.3, 0.4) is 0 Å². The summed E-state index contributed by atoms with van der Waals surface area (Å²) in [6.07, 6.45) is 0.976. The third kappa shape index (κ3) is 3.60. The lowest BCUT2D eigenvalue weighted by atomic mass is 9.78. The summed E-state index contributed by atoms with van der Waals surface area (Å²) in [4.78, 5) is 42.5. The Morgan fingerprint density at radius 1 is 1.09 bits per heavy atom. The number of unbranched alkanes of at least 4 members (excludes halogenated alkanes) is 1. The number of carbonyl (C=O) groups is 3. The molecule has 0 aromatic heterocycles. The van der Waals surface area contributed by atoms with E-state index in [4.69, 9.17) is 10.1 Å². The van der Waals surface area contributed by atoms with Crippen LogP contribution >= 0.6 is 0 Å². The zero-order valence-electron chi connectivity index (χ0n) is 18.4. The van der Waals surface area contributed by atoms with Crippen molar-refractivity contribution in [1.82, 2.24) is 4.90 Å². The third-order valence-corrected chi connectivity index (χ3v) is 6.20. The van der Waals surface area contributed by atoms with E-state index in [0.717, 1.165) is 28.1 Å². The first-order valence-electron chi connectivity index (χ1n) is 10.6. The van der Waals surface area contributed by atoms with Gasteiger partial charge in [-0.3, -0.25) is 24.3 Å². The minimum absolute atomic E-state index is 0.0667. The van der Waals surface area contributed by atoms with Crippen LogP contribution in [0.1, 0.15) is 77.4 Å². The summed E-state index contributed by atoms with van der Waals surface area (Å²) in [5, 5.41) is 8.85. The molecule has 2 amide bonds. The summed E-state index contributed by atoms with van der Waals surface area (Å²) in [5.74, 6) is 4.86. The minimum Gasteiger partial charge on any atom is -0.481 e. The minimum atomic E-state index is -0.844. The highest BCUT2D eigenvalue weighted by Gasteiger charge is 2.38. The molecule has 2 aliphatic heterocycles. The fourth-order valence-electron chi connectivity index (χ4n) is 4.17. The zero-order chi connectivity index (χ0) is 23.0. The molecule has 2 aliphatic rings. The number of carbonyl (C=O) groups excluding carboxylic acids is 2. The van der Waals surface area contributed by atoms with E-state index in [1.807, 2.05) is 19.1 Å². The van der Waals surface area contributed by atoms with Crippen molar-refractivity contribution < 1.29 is 19.5 Å². The first-order chi connectivity index (χ1) is 15.2. The van der Waals surface area contributed by atoms with Crippen molar-refractivity contribution in [3.8, 4) is 11.8 Å². The Kier molecular flexibility index (Phi) is 5.43. The predicted molar refractivity (Wildman–Crippen MR) is 121 cm³/mol. The average molecular weight is 428 g/mol. The standard InChI is InChI=1S/C26H24N2O4/c1-16-26(2,3)23-18(9-5-4-6-12-22(29)30)17(13-14-21(23)27-16)15-28-24(31)19-10-7-8-11-20(19)25(28)32/h7-8,10-11,13-14H,4,6,12,15H2,1-3H3,(H,29,30). The Bertz CT molecular complexity index is 1210. The van der Waals surface area contributed by atoms with Crippen LogP contribution in [0.4, 0.5) is 5.69 Å². The summed E-state index contributed by atoms with van der Waals surface area (Å²) < 4.78 is 0. The van der Waals surface area contributed by atoms with Crippen molar-refractivity contribution in [3.63, 3.8) is 0 Å². The first kappa shape index (κ1) is 21.5. The van der Waals surface area contributed by atoms with Gasteiger partial charge in [-0.15, -0.1) is 0 Å². The molecule has 0 aliphatic carbocycles. The highest BCUT2D eigenvalue weighted by Crippen LogP contribution is 2.43. The molecule has 6 nitrogen and oxygen atoms in total. The predicted octanol–water partition coefficient (Wildman–Crippen LogP) is 4.47. The molecule has 0 radical (unpaired) electrons. The summed E-state index contributed by atoms with van der Waals surface area (Å²) >= 11 is 0. The molecule has 32 heavy (non-hydrogen) atoms. The molecule has 2 aromatic rings. The summed E-state index contributed by atoms with van der Waals surface area (Å²) in [6.45, 7) is 6.26. The van der Waals surface area contributed by atoms with Gasteiger partial charge in [0.1, 0.15) is 0 Å². The molecular weight excluding hydrogens is 404 g/mol. The molecule has 0 saturated heterocycles. The smallest absolute Gasteiger partial charge is 0.303 e. The number of hydrogen-bond donors (Lipinski definition) is 1. The van der Waals surface area contributed by atoms with Crippen molar-refractivity contribution in [3.05, 3.63) is 64.2 Å². The molecule has 0 spiro atoms. The molecular formula is C26H24N2O4. The van der Waals surface area contributed by atoms with Crippen molar-refractivity contribution in [2.45, 2.75) is 52.0 Å². The number of aliphatic imine (C=N–C) groups is 1. The van der Waals surface area contributed by atoms with E-state index in [-0.39, 0.29) is 30.2 Å². The van der Waals surface area contributed by atoms with E-state index >= 15 is 0 Å². The zero-order valence-corrected chi connectivity index (χ0v) is 18.4. The van der Waals surface area contributed by atoms with Crippen LogP contribution in [0, 0.1) is 11.8 Å². The average Bonchev–Trinajstić information content (AvgIpc) is 3.13. The second kappa shape index (κ2) is 8.08. The molecule has 0 bridgehead atoms. The van der Waals surface area contributed by atoms with Crippen LogP contribution in [0.2, 0.25) is 0 Å². The van der Waals surface area contributed by atoms with Gasteiger partial charge in [0.2, 0.25) is 0 Å². The number of hydrogen-bond acceptors (Lipinski definition) is 4. The second-order valence-corrected chi connectivity index (χ2v) is 8.61. The van der Waals surface area contributed by atoms with Crippen molar-refractivity contribution in [2.24, 2.45) is 4.99 Å². The lowest BCUT2D eigenvalue weighted by Gasteiger charge is -2.24. The maximum Gasteiger partial charge on any atom is 0.303 e. The normalized spacial score (nSPS) is 15.7. The van der Waals surface area contributed by atoms with Crippen LogP contribution in [-0.2, 0) is 16.8 Å². The van der Waals surface area contributed by atoms with Gasteiger partial charge >= 0.3 is 5.97 Å². The highest BCUT2D eigenvalue weighted by molar-refractivity contribution is 6.21. The molecule has 1 N–H and O–H groups in total. The van der Waals surface area contributed by atoms with Gasteiger partial charge in [0, 0.05) is 35.1 Å². The molecule has 4 rings (SSSR count). The molecule has 6 heteroatoms. The fourth-order valence-corrected chi connectivity index (χ4v) is 4.17. The number of carboxylic acid groups (broad SMARTS) is 1. The third-order valence-electron chi connectivity index (χ3n) is 6.20. The molecule has 0 atom stereocenters. The fraction of sp³-hybridized carbons (Fsp3) is 0.308. The highest BCUT2D eigenvalue weighted by atomic mass is 16.4. The van der Waals surface area contributed by atoms with Gasteiger partial charge < -0.3 is 5.11 Å². The number of benzene rings is 2. The summed E-state index contributed by atoms with van der Waals surface area (Å²) in [5.41, 5.74) is 4.83. The lowest BCUT2D eigenvalue weighted by Crippen LogP contribution is -2.30. The number of carboxylic acids is 1. The topological polar surface area (TPSA) is 87.0 Å². The SMILES string of the molecule is CC1=Nc2ccc(CN3C(=O)c4ccccc4C3=O)c(C#CCCCC(=O)O)c2C1(C)C. The van der Waals surface area contributed by atoms with Crippen molar-refractivity contribution >= 4 is 29.2 Å². The number of rotatable bonds is 5. The number of imide groups is 1. The Balaban J connectivity index is 1.71. The quantitative estimate of drug-likeness (QED) is 0.432. The molecule has 0 fully saturated rings. The molecule has 0 saturated carbocycles. The molecule has 2 aromatic carbocycles. The van der Waals surface area contributed by atoms with E-state index in [0.29, 0.717) is 24.0 Å². The Hall–Kier alpha value is -3.72. The largest absolute Gasteiger partial charge is 0.481 e. The molecule has 2 heterocycles. The maximum absolute atomic E-state index is 12.9. The summed E-state index contributed by atoms with van der Waals surface area (Å²) in [6, 6.07) is 10.6. The van der Waals surface area contributed by atoms with Crippen LogP contribution in [0.25, 0.3) is 0 Å². The van der Waals surface area contributed by atoms with E-state index in [9.17, 15) is 14.4 Å². The van der Waals surface area contributed by atoms with Crippen molar-refractivity contribution in [2.75, 3.05) is 0 Å². The maximum atomic E-state index is 12.9. The van der Waals surface area contributed by atoms with Crippen LogP contribution in [0.5, 0.6) is 0 Å². The van der Waals surface area contributed by atoms with Gasteiger partial charge in [0.05, 0.1) is 23.4 Å². The summed E-state index contributed by atoms with van der Waals surface area (Å²) in [7, 11) is 0. The number of aliphatic carboxylic acids is 1. The van der Waals surface area contributed by atoms with Gasteiger partial charge in [0.25, 0.3) is 11.8 Å². The Morgan fingerprint density at radius 2 is 1.75 bits per heavy atom. The monoisotopic (exact) mass is 428 g/mol. The van der Waals surface area contributed by atoms with E-state index in [1.54, 1.807) is 24.3 Å². The van der Waals surface area contributed by atoms with Crippen LogP contribution in [0.15, 0.2) is 41.4 Å². The van der Waals surface area contributed by atoms with Crippen LogP contribution < -0.4 is 0 Å². The van der Waals surface area contributed by atoms with Gasteiger partial charge in [0.15, 0.2) is 0 Å². The van der Waals surface area contributed by atoms with Crippen LogP contribution in [-0.4, -0.2) is 33.5 Å². The molecule has 162 valence electrons. The van der Waals surface area contributed by atoms with E-state index < -0.39 is 5.97 Å². The van der Waals surface area contributed by atoms with Crippen molar-refractivity contribution in [1.29, 1.82) is 0 Å². The number of nitrogens with zero attached hydrogens (tertiary/aromatic N) is 2. The van der Waals surface area contributed by atoms with E-state index in [1.165, 1.54) is 4.90 Å². The Labute approximate surface area is 187 Å². The van der Waals surface area contributed by atoms with E-state index in [2.05, 4.69) is 25.7 Å². The van der Waals surface area contributed by atoms with Gasteiger partial charge in [-0.2, -0.15) is 0 Å². The van der Waals surface area contributed by atoms with Gasteiger partial charge in [-0.1, -0.05) is 43.9 Å². The van der Waals surface area contributed by atoms with Gasteiger partial charge in [-0.25, -0.2) is 0 Å². The number of amides is 2. The first-order valence-corrected chi connectivity index (χ1v) is 10.6.